The number of amides is 1. The molecule has 0 atom stereocenters. The van der Waals surface area contributed by atoms with Crippen LogP contribution in [0.15, 0.2) is 70.1 Å². The predicted molar refractivity (Wildman–Crippen MR) is 110 cm³/mol. The van der Waals surface area contributed by atoms with Crippen molar-refractivity contribution in [3.8, 4) is 5.75 Å². The number of anilines is 1. The number of rotatable bonds is 5. The molecule has 160 valence electrons. The van der Waals surface area contributed by atoms with Crippen LogP contribution in [0, 0.1) is 11.6 Å². The van der Waals surface area contributed by atoms with Gasteiger partial charge in [-0.1, -0.05) is 12.1 Å². The van der Waals surface area contributed by atoms with Gasteiger partial charge in [-0.2, -0.15) is 0 Å². The van der Waals surface area contributed by atoms with Crippen LogP contribution < -0.4 is 15.1 Å². The number of piperazine rings is 1. The molecule has 2 heterocycles. The molecule has 3 aromatic rings. The highest BCUT2D eigenvalue weighted by Gasteiger charge is 2.24. The highest BCUT2D eigenvalue weighted by atomic mass is 19.1. The van der Waals surface area contributed by atoms with E-state index in [1.54, 1.807) is 29.2 Å². The second-order valence-electron chi connectivity index (χ2n) is 7.14. The van der Waals surface area contributed by atoms with Crippen LogP contribution in [0.4, 0.5) is 14.5 Å². The van der Waals surface area contributed by atoms with Crippen molar-refractivity contribution in [1.29, 1.82) is 0 Å². The van der Waals surface area contributed by atoms with Gasteiger partial charge in [-0.15, -0.1) is 0 Å². The van der Waals surface area contributed by atoms with Gasteiger partial charge in [0.2, 0.25) is 11.2 Å². The van der Waals surface area contributed by atoms with E-state index in [1.165, 1.54) is 24.3 Å². The van der Waals surface area contributed by atoms with E-state index in [4.69, 9.17) is 9.15 Å². The molecule has 1 saturated heterocycles. The van der Waals surface area contributed by atoms with Gasteiger partial charge in [0.1, 0.15) is 24.5 Å². The maximum atomic E-state index is 13.1. The Kier molecular flexibility index (Phi) is 5.97. The summed E-state index contributed by atoms with van der Waals surface area (Å²) in [5.74, 6) is -1.11. The van der Waals surface area contributed by atoms with Crippen LogP contribution in [0.5, 0.6) is 5.75 Å². The molecule has 31 heavy (non-hydrogen) atoms. The Bertz CT molecular complexity index is 1110. The molecule has 0 aliphatic carbocycles. The highest BCUT2D eigenvalue weighted by molar-refractivity contribution is 5.91. The molecule has 0 bridgehead atoms. The van der Waals surface area contributed by atoms with Gasteiger partial charge in [0.15, 0.2) is 5.76 Å². The van der Waals surface area contributed by atoms with Crippen LogP contribution >= 0.6 is 0 Å². The first-order valence-electron chi connectivity index (χ1n) is 9.79. The van der Waals surface area contributed by atoms with Gasteiger partial charge in [-0.25, -0.2) is 8.78 Å². The fourth-order valence-electron chi connectivity index (χ4n) is 3.33. The van der Waals surface area contributed by atoms with Gasteiger partial charge >= 0.3 is 0 Å². The van der Waals surface area contributed by atoms with Crippen molar-refractivity contribution in [2.75, 3.05) is 31.1 Å². The lowest BCUT2D eigenvalue weighted by molar-refractivity contribution is 0.0711. The number of benzene rings is 2. The largest absolute Gasteiger partial charge is 0.482 e. The molecule has 0 saturated carbocycles. The number of ether oxygens (including phenoxy) is 1. The van der Waals surface area contributed by atoms with Crippen LogP contribution in [0.25, 0.3) is 0 Å². The molecule has 1 aliphatic rings. The van der Waals surface area contributed by atoms with Gasteiger partial charge in [0, 0.05) is 37.9 Å². The molecule has 0 spiro atoms. The molecule has 1 aliphatic heterocycles. The molecule has 0 radical (unpaired) electrons. The average molecular weight is 426 g/mol. The molecule has 8 heteroatoms. The minimum absolute atomic E-state index is 0.0259. The van der Waals surface area contributed by atoms with Crippen molar-refractivity contribution in [3.05, 3.63) is 94.0 Å². The van der Waals surface area contributed by atoms with Crippen LogP contribution in [-0.2, 0) is 6.61 Å². The van der Waals surface area contributed by atoms with Crippen LogP contribution in [0.1, 0.15) is 16.1 Å². The number of hydrogen-bond acceptors (Lipinski definition) is 5. The molecular weight excluding hydrogens is 406 g/mol. The second kappa shape index (κ2) is 8.99. The van der Waals surface area contributed by atoms with E-state index in [9.17, 15) is 18.4 Å². The topological polar surface area (TPSA) is 63.0 Å². The van der Waals surface area contributed by atoms with E-state index in [0.29, 0.717) is 31.7 Å². The lowest BCUT2D eigenvalue weighted by atomic mass is 10.2. The van der Waals surface area contributed by atoms with Crippen molar-refractivity contribution in [1.82, 2.24) is 4.90 Å². The van der Waals surface area contributed by atoms with Crippen molar-refractivity contribution < 1.29 is 22.7 Å². The highest BCUT2D eigenvalue weighted by Crippen LogP contribution is 2.18. The SMILES string of the molecule is O=C(c1cc(=O)c(OCc2ccc(F)cc2)co1)N1CCN(c2ccc(F)cc2)CC1. The molecule has 1 aromatic heterocycles. The third kappa shape index (κ3) is 4.91. The Morgan fingerprint density at radius 1 is 0.935 bits per heavy atom. The first-order chi connectivity index (χ1) is 15.0. The van der Waals surface area contributed by atoms with Crippen molar-refractivity contribution in [3.63, 3.8) is 0 Å². The van der Waals surface area contributed by atoms with Crippen molar-refractivity contribution >= 4 is 11.6 Å². The maximum Gasteiger partial charge on any atom is 0.289 e. The number of carbonyl (C=O) groups is 1. The quantitative estimate of drug-likeness (QED) is 0.625. The number of carbonyl (C=O) groups excluding carboxylic acids is 1. The van der Waals surface area contributed by atoms with Crippen LogP contribution in [0.3, 0.4) is 0 Å². The van der Waals surface area contributed by atoms with E-state index in [2.05, 4.69) is 4.90 Å². The zero-order chi connectivity index (χ0) is 21.8. The average Bonchev–Trinajstić information content (AvgIpc) is 2.79. The Balaban J connectivity index is 1.35. The summed E-state index contributed by atoms with van der Waals surface area (Å²) in [6.07, 6.45) is 1.12. The predicted octanol–water partition coefficient (Wildman–Crippen LogP) is 3.46. The second-order valence-corrected chi connectivity index (χ2v) is 7.14. The lowest BCUT2D eigenvalue weighted by Gasteiger charge is -2.35. The standard InChI is InChI=1S/C23H20F2N2O4/c24-17-3-1-16(2-4-17)14-30-22-15-31-21(13-20(22)28)23(29)27-11-9-26(10-12-27)19-7-5-18(25)6-8-19/h1-8,13,15H,9-12,14H2. The molecule has 1 fully saturated rings. The van der Waals surface area contributed by atoms with Crippen molar-refractivity contribution in [2.24, 2.45) is 0 Å². The van der Waals surface area contributed by atoms with Gasteiger partial charge in [0.25, 0.3) is 5.91 Å². The summed E-state index contributed by atoms with van der Waals surface area (Å²) < 4.78 is 36.8. The van der Waals surface area contributed by atoms with E-state index in [1.807, 2.05) is 0 Å². The van der Waals surface area contributed by atoms with E-state index in [-0.39, 0.29) is 35.7 Å². The molecule has 2 aromatic carbocycles. The molecule has 1 amide bonds. The fraction of sp³-hybridized carbons (Fsp3) is 0.217. The first-order valence-corrected chi connectivity index (χ1v) is 9.79. The summed E-state index contributed by atoms with van der Waals surface area (Å²) in [5.41, 5.74) is 1.12. The summed E-state index contributed by atoms with van der Waals surface area (Å²) >= 11 is 0. The zero-order valence-electron chi connectivity index (χ0n) is 16.6. The van der Waals surface area contributed by atoms with Crippen LogP contribution in [0.2, 0.25) is 0 Å². The van der Waals surface area contributed by atoms with Gasteiger partial charge in [0.05, 0.1) is 0 Å². The monoisotopic (exact) mass is 426 g/mol. The summed E-state index contributed by atoms with van der Waals surface area (Å²) in [6.45, 7) is 2.14. The zero-order valence-corrected chi connectivity index (χ0v) is 16.6. The summed E-state index contributed by atoms with van der Waals surface area (Å²) in [4.78, 5) is 28.7. The van der Waals surface area contributed by atoms with Crippen molar-refractivity contribution in [2.45, 2.75) is 6.61 Å². The third-order valence-corrected chi connectivity index (χ3v) is 5.08. The summed E-state index contributed by atoms with van der Waals surface area (Å²) in [6, 6.07) is 13.1. The fourth-order valence-corrected chi connectivity index (χ4v) is 3.33. The van der Waals surface area contributed by atoms with Crippen LogP contribution in [-0.4, -0.2) is 37.0 Å². The van der Waals surface area contributed by atoms with E-state index >= 15 is 0 Å². The Hall–Kier alpha value is -3.68. The Morgan fingerprint density at radius 2 is 1.55 bits per heavy atom. The maximum absolute atomic E-state index is 13.1. The Morgan fingerprint density at radius 3 is 2.16 bits per heavy atom. The third-order valence-electron chi connectivity index (χ3n) is 5.08. The molecule has 4 rings (SSSR count). The molecule has 6 nitrogen and oxygen atoms in total. The molecule has 0 unspecified atom stereocenters. The van der Waals surface area contributed by atoms with E-state index < -0.39 is 5.43 Å². The Labute approximate surface area is 177 Å². The number of hydrogen-bond donors (Lipinski definition) is 0. The number of halogens is 2. The molecule has 0 N–H and O–H groups in total. The van der Waals surface area contributed by atoms with Gasteiger partial charge < -0.3 is 19.0 Å². The summed E-state index contributed by atoms with van der Waals surface area (Å²) in [5, 5.41) is 0. The minimum atomic E-state index is -0.471. The van der Waals surface area contributed by atoms with Gasteiger partial charge in [-0.05, 0) is 42.0 Å². The lowest BCUT2D eigenvalue weighted by Crippen LogP contribution is -2.48. The normalized spacial score (nSPS) is 13.9. The number of nitrogens with zero attached hydrogens (tertiary/aromatic N) is 2. The van der Waals surface area contributed by atoms with Gasteiger partial charge in [-0.3, -0.25) is 9.59 Å². The van der Waals surface area contributed by atoms with E-state index in [0.717, 1.165) is 18.0 Å². The summed E-state index contributed by atoms with van der Waals surface area (Å²) in [7, 11) is 0. The first kappa shape index (κ1) is 20.6. The minimum Gasteiger partial charge on any atom is -0.482 e. The molecular formula is C23H20F2N2O4. The smallest absolute Gasteiger partial charge is 0.289 e.